The molecule has 1 amide bonds. The van der Waals surface area contributed by atoms with Crippen molar-refractivity contribution in [1.29, 1.82) is 0 Å². The summed E-state index contributed by atoms with van der Waals surface area (Å²) in [5, 5.41) is 3.64. The van der Waals surface area contributed by atoms with E-state index in [1.54, 1.807) is 4.90 Å². The molecule has 0 aliphatic heterocycles. The van der Waals surface area contributed by atoms with E-state index in [1.807, 2.05) is 14.1 Å². The quantitative estimate of drug-likeness (QED) is 0.803. The van der Waals surface area contributed by atoms with Crippen molar-refractivity contribution in [2.45, 2.75) is 71.4 Å². The largest absolute Gasteiger partial charge is 0.347 e. The molecule has 1 aliphatic carbocycles. The number of nitrogens with one attached hydrogen (secondary N) is 1. The standard InChI is InChI=1S/C16H32N2O/c1-6-13-8-7-9-14(11-13)17-15(10-12(2)3)16(19)18(4)5/h12-15,17H,6-11H2,1-5H3. The lowest BCUT2D eigenvalue weighted by Gasteiger charge is -2.33. The number of hydrogen-bond acceptors (Lipinski definition) is 2. The molecule has 3 nitrogen and oxygen atoms in total. The molecule has 0 saturated heterocycles. The minimum absolute atomic E-state index is 0.00407. The van der Waals surface area contributed by atoms with E-state index in [1.165, 1.54) is 32.1 Å². The Morgan fingerprint density at radius 1 is 1.32 bits per heavy atom. The lowest BCUT2D eigenvalue weighted by Crippen LogP contribution is -2.49. The van der Waals surface area contributed by atoms with Crippen LogP contribution in [0.2, 0.25) is 0 Å². The summed E-state index contributed by atoms with van der Waals surface area (Å²) in [6, 6.07) is 0.530. The molecular weight excluding hydrogens is 236 g/mol. The van der Waals surface area contributed by atoms with Crippen LogP contribution >= 0.6 is 0 Å². The van der Waals surface area contributed by atoms with E-state index in [0.717, 1.165) is 12.3 Å². The summed E-state index contributed by atoms with van der Waals surface area (Å²) < 4.78 is 0. The molecule has 0 bridgehead atoms. The Labute approximate surface area is 119 Å². The summed E-state index contributed by atoms with van der Waals surface area (Å²) in [4.78, 5) is 14.0. The van der Waals surface area contributed by atoms with E-state index in [0.29, 0.717) is 12.0 Å². The predicted molar refractivity (Wildman–Crippen MR) is 81.1 cm³/mol. The fourth-order valence-corrected chi connectivity index (χ4v) is 3.12. The molecule has 1 N–H and O–H groups in total. The molecule has 0 spiro atoms. The van der Waals surface area contributed by atoms with Crippen LogP contribution in [0.1, 0.15) is 59.3 Å². The highest BCUT2D eigenvalue weighted by atomic mass is 16.2. The van der Waals surface area contributed by atoms with Crippen LogP contribution in [0.15, 0.2) is 0 Å². The van der Waals surface area contributed by atoms with Crippen LogP contribution in [-0.4, -0.2) is 37.0 Å². The maximum atomic E-state index is 12.3. The maximum absolute atomic E-state index is 12.3. The van der Waals surface area contributed by atoms with Gasteiger partial charge in [0.25, 0.3) is 0 Å². The topological polar surface area (TPSA) is 32.3 Å². The Morgan fingerprint density at radius 2 is 2.00 bits per heavy atom. The first-order chi connectivity index (χ1) is 8.93. The van der Waals surface area contributed by atoms with Crippen LogP contribution in [0, 0.1) is 11.8 Å². The van der Waals surface area contributed by atoms with Gasteiger partial charge in [-0.25, -0.2) is 0 Å². The summed E-state index contributed by atoms with van der Waals surface area (Å²) in [7, 11) is 3.71. The molecule has 112 valence electrons. The molecule has 0 aromatic rings. The van der Waals surface area contributed by atoms with E-state index in [9.17, 15) is 4.79 Å². The lowest BCUT2D eigenvalue weighted by atomic mass is 9.83. The number of likely N-dealkylation sites (N-methyl/N-ethyl adjacent to an activating group) is 1. The van der Waals surface area contributed by atoms with Crippen LogP contribution in [-0.2, 0) is 4.79 Å². The molecule has 0 aromatic heterocycles. The summed E-state index contributed by atoms with van der Waals surface area (Å²) in [5.74, 6) is 1.62. The Bertz CT molecular complexity index is 276. The third-order valence-corrected chi connectivity index (χ3v) is 4.24. The van der Waals surface area contributed by atoms with Gasteiger partial charge < -0.3 is 10.2 Å². The van der Waals surface area contributed by atoms with Crippen molar-refractivity contribution in [2.75, 3.05) is 14.1 Å². The van der Waals surface area contributed by atoms with Gasteiger partial charge >= 0.3 is 0 Å². The van der Waals surface area contributed by atoms with E-state index < -0.39 is 0 Å². The van der Waals surface area contributed by atoms with Crippen LogP contribution in [0.25, 0.3) is 0 Å². The molecule has 1 fully saturated rings. The Morgan fingerprint density at radius 3 is 2.53 bits per heavy atom. The van der Waals surface area contributed by atoms with Crippen LogP contribution in [0.5, 0.6) is 0 Å². The molecule has 1 aliphatic rings. The smallest absolute Gasteiger partial charge is 0.239 e. The van der Waals surface area contributed by atoms with E-state index in [4.69, 9.17) is 0 Å². The van der Waals surface area contributed by atoms with Crippen molar-refractivity contribution in [3.8, 4) is 0 Å². The average molecular weight is 268 g/mol. The van der Waals surface area contributed by atoms with Gasteiger partial charge in [0.1, 0.15) is 0 Å². The first-order valence-electron chi connectivity index (χ1n) is 7.91. The minimum atomic E-state index is -0.00407. The number of nitrogens with zero attached hydrogens (tertiary/aromatic N) is 1. The Hall–Kier alpha value is -0.570. The third kappa shape index (κ3) is 5.52. The summed E-state index contributed by atoms with van der Waals surface area (Å²) in [6.45, 7) is 6.66. The second-order valence-corrected chi connectivity index (χ2v) is 6.72. The lowest BCUT2D eigenvalue weighted by molar-refractivity contribution is -0.131. The van der Waals surface area contributed by atoms with Crippen molar-refractivity contribution in [3.05, 3.63) is 0 Å². The van der Waals surface area contributed by atoms with Gasteiger partial charge in [-0.15, -0.1) is 0 Å². The second kappa shape index (κ2) is 7.88. The first kappa shape index (κ1) is 16.5. The molecule has 0 aromatic carbocycles. The SMILES string of the molecule is CCC1CCCC(NC(CC(C)C)C(=O)N(C)C)C1. The molecule has 0 radical (unpaired) electrons. The van der Waals surface area contributed by atoms with Crippen molar-refractivity contribution in [3.63, 3.8) is 0 Å². The minimum Gasteiger partial charge on any atom is -0.347 e. The monoisotopic (exact) mass is 268 g/mol. The fourth-order valence-electron chi connectivity index (χ4n) is 3.12. The Balaban J connectivity index is 2.58. The van der Waals surface area contributed by atoms with Crippen molar-refractivity contribution in [1.82, 2.24) is 10.2 Å². The highest BCUT2D eigenvalue weighted by Gasteiger charge is 2.27. The highest BCUT2D eigenvalue weighted by molar-refractivity contribution is 5.81. The number of carbonyl (C=O) groups is 1. The van der Waals surface area contributed by atoms with E-state index in [2.05, 4.69) is 26.1 Å². The zero-order valence-electron chi connectivity index (χ0n) is 13.4. The van der Waals surface area contributed by atoms with Crippen LogP contribution in [0.3, 0.4) is 0 Å². The molecule has 1 rings (SSSR count). The normalized spacial score (nSPS) is 25.4. The fraction of sp³-hybridized carbons (Fsp3) is 0.938. The van der Waals surface area contributed by atoms with Gasteiger partial charge in [0.15, 0.2) is 0 Å². The van der Waals surface area contributed by atoms with Gasteiger partial charge in [-0.3, -0.25) is 4.79 Å². The molecule has 19 heavy (non-hydrogen) atoms. The number of hydrogen-bond donors (Lipinski definition) is 1. The van der Waals surface area contributed by atoms with Crippen LogP contribution in [0.4, 0.5) is 0 Å². The van der Waals surface area contributed by atoms with Gasteiger partial charge in [0.05, 0.1) is 6.04 Å². The molecule has 3 unspecified atom stereocenters. The van der Waals surface area contributed by atoms with E-state index in [-0.39, 0.29) is 11.9 Å². The molecule has 0 heterocycles. The van der Waals surface area contributed by atoms with Gasteiger partial charge in [-0.2, -0.15) is 0 Å². The van der Waals surface area contributed by atoms with Crippen molar-refractivity contribution >= 4 is 5.91 Å². The van der Waals surface area contributed by atoms with E-state index >= 15 is 0 Å². The van der Waals surface area contributed by atoms with Gasteiger partial charge in [0.2, 0.25) is 5.91 Å². The third-order valence-electron chi connectivity index (χ3n) is 4.24. The first-order valence-corrected chi connectivity index (χ1v) is 7.91. The summed E-state index contributed by atoms with van der Waals surface area (Å²) >= 11 is 0. The van der Waals surface area contributed by atoms with Crippen molar-refractivity contribution < 1.29 is 4.79 Å². The highest BCUT2D eigenvalue weighted by Crippen LogP contribution is 2.27. The molecule has 3 atom stereocenters. The zero-order valence-corrected chi connectivity index (χ0v) is 13.4. The Kier molecular flexibility index (Phi) is 6.84. The predicted octanol–water partition coefficient (Wildman–Crippen LogP) is 3.05. The summed E-state index contributed by atoms with van der Waals surface area (Å²) in [5.41, 5.74) is 0. The molecular formula is C16H32N2O. The number of carbonyl (C=O) groups excluding carboxylic acids is 1. The van der Waals surface area contributed by atoms with Crippen molar-refractivity contribution in [2.24, 2.45) is 11.8 Å². The van der Waals surface area contributed by atoms with Crippen LogP contribution < -0.4 is 5.32 Å². The number of amides is 1. The molecule has 1 saturated carbocycles. The zero-order chi connectivity index (χ0) is 14.4. The second-order valence-electron chi connectivity index (χ2n) is 6.72. The number of rotatable bonds is 6. The van der Waals surface area contributed by atoms with Gasteiger partial charge in [-0.1, -0.05) is 40.0 Å². The maximum Gasteiger partial charge on any atom is 0.239 e. The van der Waals surface area contributed by atoms with Gasteiger partial charge in [0, 0.05) is 20.1 Å². The summed E-state index contributed by atoms with van der Waals surface area (Å²) in [6.07, 6.45) is 7.35. The molecule has 3 heteroatoms. The van der Waals surface area contributed by atoms with Gasteiger partial charge in [-0.05, 0) is 31.1 Å². The average Bonchev–Trinajstić information content (AvgIpc) is 2.36.